The molecule has 0 spiro atoms. The van der Waals surface area contributed by atoms with E-state index >= 15 is 0 Å². The van der Waals surface area contributed by atoms with Crippen LogP contribution in [0.2, 0.25) is 0 Å². The predicted octanol–water partition coefficient (Wildman–Crippen LogP) is 3.05. The highest BCUT2D eigenvalue weighted by Gasteiger charge is 2.37. The Morgan fingerprint density at radius 1 is 1.03 bits per heavy atom. The molecule has 1 N–H and O–H groups in total. The third-order valence-corrected chi connectivity index (χ3v) is 7.16. The minimum atomic E-state index is -0.407. The number of benzene rings is 2. The number of H-pyrrole nitrogens is 1. The first-order valence-corrected chi connectivity index (χ1v) is 11.7. The monoisotopic (exact) mass is 465 g/mol. The fourth-order valence-corrected chi connectivity index (χ4v) is 5.19. The SMILES string of the molecule is COc1ccc(CCC(=O)N2CC[C@@H]3CN(C(=O)c4ccc5n[nH]nc5c4)C[C@@H]3CC2)cc1F. The molecule has 0 radical (unpaired) electrons. The summed E-state index contributed by atoms with van der Waals surface area (Å²) >= 11 is 0. The van der Waals surface area contributed by atoms with Gasteiger partial charge >= 0.3 is 0 Å². The van der Waals surface area contributed by atoms with Gasteiger partial charge < -0.3 is 14.5 Å². The molecule has 2 saturated heterocycles. The maximum atomic E-state index is 13.9. The number of fused-ring (bicyclic) bond motifs is 2. The number of carbonyl (C=O) groups is 2. The van der Waals surface area contributed by atoms with Crippen molar-refractivity contribution in [3.05, 3.63) is 53.3 Å². The number of nitrogens with zero attached hydrogens (tertiary/aromatic N) is 4. The molecule has 2 atom stereocenters. The molecule has 2 fully saturated rings. The summed E-state index contributed by atoms with van der Waals surface area (Å²) in [6, 6.07) is 10.2. The van der Waals surface area contributed by atoms with E-state index in [9.17, 15) is 14.0 Å². The summed E-state index contributed by atoms with van der Waals surface area (Å²) in [5.74, 6) is 0.722. The largest absolute Gasteiger partial charge is 0.494 e. The van der Waals surface area contributed by atoms with Crippen molar-refractivity contribution in [3.63, 3.8) is 0 Å². The van der Waals surface area contributed by atoms with Crippen LogP contribution in [0.3, 0.4) is 0 Å². The number of aromatic amines is 1. The van der Waals surface area contributed by atoms with Gasteiger partial charge in [0.15, 0.2) is 11.6 Å². The standard InChI is InChI=1S/C25H28FN5O3/c1-34-23-6-2-16(12-20(23)26)3-7-24(32)30-10-8-18-14-31(15-19(18)9-11-30)25(33)17-4-5-21-22(13-17)28-29-27-21/h2,4-6,12-13,18-19H,3,7-11,14-15H2,1H3,(H,27,28,29)/t18-,19+. The Hall–Kier alpha value is -3.49. The van der Waals surface area contributed by atoms with Gasteiger partial charge in [0, 0.05) is 38.2 Å². The first-order chi connectivity index (χ1) is 16.5. The molecular weight excluding hydrogens is 437 g/mol. The molecule has 0 saturated carbocycles. The van der Waals surface area contributed by atoms with Crippen LogP contribution in [-0.4, -0.2) is 70.3 Å². The number of aromatic nitrogens is 3. The number of methoxy groups -OCH3 is 1. The van der Waals surface area contributed by atoms with Crippen molar-refractivity contribution < 1.29 is 18.7 Å². The Morgan fingerprint density at radius 2 is 1.76 bits per heavy atom. The van der Waals surface area contributed by atoms with Gasteiger partial charge in [-0.3, -0.25) is 9.59 Å². The van der Waals surface area contributed by atoms with Crippen molar-refractivity contribution in [2.45, 2.75) is 25.7 Å². The molecule has 9 heteroatoms. The number of nitrogens with one attached hydrogen (secondary N) is 1. The summed E-state index contributed by atoms with van der Waals surface area (Å²) in [4.78, 5) is 29.8. The number of carbonyl (C=O) groups excluding carboxylic acids is 2. The molecule has 2 amide bonds. The topological polar surface area (TPSA) is 91.4 Å². The van der Waals surface area contributed by atoms with Crippen LogP contribution < -0.4 is 4.74 Å². The number of amides is 2. The number of aryl methyl sites for hydroxylation is 1. The summed E-state index contributed by atoms with van der Waals surface area (Å²) in [6.45, 7) is 2.83. The molecule has 8 nitrogen and oxygen atoms in total. The second-order valence-electron chi connectivity index (χ2n) is 9.18. The Morgan fingerprint density at radius 3 is 2.47 bits per heavy atom. The predicted molar refractivity (Wildman–Crippen MR) is 124 cm³/mol. The van der Waals surface area contributed by atoms with E-state index in [2.05, 4.69) is 15.4 Å². The first-order valence-electron chi connectivity index (χ1n) is 11.7. The Labute approximate surface area is 197 Å². The highest BCUT2D eigenvalue weighted by molar-refractivity contribution is 5.97. The Kier molecular flexibility index (Phi) is 6.17. The van der Waals surface area contributed by atoms with Gasteiger partial charge in [0.05, 0.1) is 7.11 Å². The number of ether oxygens (including phenoxy) is 1. The van der Waals surface area contributed by atoms with Gasteiger partial charge in [0.25, 0.3) is 5.91 Å². The molecule has 1 aromatic heterocycles. The van der Waals surface area contributed by atoms with Crippen molar-refractivity contribution in [2.24, 2.45) is 11.8 Å². The lowest BCUT2D eigenvalue weighted by Gasteiger charge is -2.22. The number of hydrogen-bond acceptors (Lipinski definition) is 5. The highest BCUT2D eigenvalue weighted by Crippen LogP contribution is 2.33. The zero-order valence-corrected chi connectivity index (χ0v) is 19.2. The van der Waals surface area contributed by atoms with E-state index in [0.29, 0.717) is 61.9 Å². The fraction of sp³-hybridized carbons (Fsp3) is 0.440. The van der Waals surface area contributed by atoms with Crippen LogP contribution in [0.1, 0.15) is 35.2 Å². The number of halogens is 1. The zero-order chi connectivity index (χ0) is 23.7. The number of likely N-dealkylation sites (tertiary alicyclic amines) is 2. The van der Waals surface area contributed by atoms with Gasteiger partial charge in [-0.1, -0.05) is 6.07 Å². The van der Waals surface area contributed by atoms with Crippen molar-refractivity contribution in [1.82, 2.24) is 25.2 Å². The van der Waals surface area contributed by atoms with E-state index in [-0.39, 0.29) is 17.6 Å². The van der Waals surface area contributed by atoms with Crippen molar-refractivity contribution >= 4 is 22.8 Å². The van der Waals surface area contributed by atoms with E-state index in [0.717, 1.165) is 23.9 Å². The van der Waals surface area contributed by atoms with Crippen LogP contribution in [0.4, 0.5) is 4.39 Å². The second kappa shape index (κ2) is 9.40. The van der Waals surface area contributed by atoms with Crippen LogP contribution in [0, 0.1) is 17.7 Å². The molecule has 178 valence electrons. The van der Waals surface area contributed by atoms with E-state index in [1.807, 2.05) is 15.9 Å². The molecule has 0 unspecified atom stereocenters. The minimum absolute atomic E-state index is 0.0256. The van der Waals surface area contributed by atoms with Gasteiger partial charge in [-0.25, -0.2) is 4.39 Å². The van der Waals surface area contributed by atoms with Gasteiger partial charge in [0.2, 0.25) is 5.91 Å². The summed E-state index contributed by atoms with van der Waals surface area (Å²) in [5.41, 5.74) is 2.84. The molecule has 0 bridgehead atoms. The third-order valence-electron chi connectivity index (χ3n) is 7.16. The average Bonchev–Trinajstić information content (AvgIpc) is 3.44. The van der Waals surface area contributed by atoms with Crippen LogP contribution in [0.25, 0.3) is 11.0 Å². The molecule has 0 aliphatic carbocycles. The maximum Gasteiger partial charge on any atom is 0.253 e. The minimum Gasteiger partial charge on any atom is -0.494 e. The Balaban J connectivity index is 1.14. The molecule has 34 heavy (non-hydrogen) atoms. The van der Waals surface area contributed by atoms with Crippen LogP contribution in [0.5, 0.6) is 5.75 Å². The van der Waals surface area contributed by atoms with Crippen molar-refractivity contribution in [3.8, 4) is 5.75 Å². The van der Waals surface area contributed by atoms with E-state index in [4.69, 9.17) is 4.74 Å². The van der Waals surface area contributed by atoms with Crippen molar-refractivity contribution in [1.29, 1.82) is 0 Å². The lowest BCUT2D eigenvalue weighted by Crippen LogP contribution is -2.34. The molecule has 3 heterocycles. The van der Waals surface area contributed by atoms with E-state index < -0.39 is 5.82 Å². The van der Waals surface area contributed by atoms with Crippen LogP contribution >= 0.6 is 0 Å². The van der Waals surface area contributed by atoms with Crippen molar-refractivity contribution in [2.75, 3.05) is 33.3 Å². The lowest BCUT2D eigenvalue weighted by atomic mass is 9.92. The molecule has 2 aromatic carbocycles. The second-order valence-corrected chi connectivity index (χ2v) is 9.18. The molecule has 5 rings (SSSR count). The smallest absolute Gasteiger partial charge is 0.253 e. The summed E-state index contributed by atoms with van der Waals surface area (Å²) in [5, 5.41) is 10.7. The van der Waals surface area contributed by atoms with E-state index in [1.54, 1.807) is 24.3 Å². The van der Waals surface area contributed by atoms with Gasteiger partial charge in [-0.15, -0.1) is 0 Å². The zero-order valence-electron chi connectivity index (χ0n) is 19.2. The molecular formula is C25H28FN5O3. The first kappa shape index (κ1) is 22.3. The molecule has 2 aliphatic rings. The number of hydrogen-bond donors (Lipinski definition) is 1. The number of rotatable bonds is 5. The summed E-state index contributed by atoms with van der Waals surface area (Å²) in [6.07, 6.45) is 2.64. The Bertz CT molecular complexity index is 1200. The normalized spacial score (nSPS) is 20.3. The fourth-order valence-electron chi connectivity index (χ4n) is 5.19. The molecule has 2 aliphatic heterocycles. The van der Waals surface area contributed by atoms with Gasteiger partial charge in [-0.2, -0.15) is 15.4 Å². The van der Waals surface area contributed by atoms with Crippen LogP contribution in [-0.2, 0) is 11.2 Å². The highest BCUT2D eigenvalue weighted by atomic mass is 19.1. The van der Waals surface area contributed by atoms with Gasteiger partial charge in [0.1, 0.15) is 11.0 Å². The average molecular weight is 466 g/mol. The van der Waals surface area contributed by atoms with Gasteiger partial charge in [-0.05, 0) is 67.0 Å². The summed E-state index contributed by atoms with van der Waals surface area (Å²) < 4.78 is 18.9. The molecule has 3 aromatic rings. The maximum absolute atomic E-state index is 13.9. The quantitative estimate of drug-likeness (QED) is 0.625. The third kappa shape index (κ3) is 4.47. The van der Waals surface area contributed by atoms with E-state index in [1.165, 1.54) is 13.2 Å². The lowest BCUT2D eigenvalue weighted by molar-refractivity contribution is -0.131. The van der Waals surface area contributed by atoms with Crippen LogP contribution in [0.15, 0.2) is 36.4 Å². The summed E-state index contributed by atoms with van der Waals surface area (Å²) in [7, 11) is 1.43.